The van der Waals surface area contributed by atoms with Gasteiger partial charge in [-0.1, -0.05) is 18.2 Å². The summed E-state index contributed by atoms with van der Waals surface area (Å²) in [6.45, 7) is 7.13. The fourth-order valence-corrected chi connectivity index (χ4v) is 3.72. The van der Waals surface area contributed by atoms with Gasteiger partial charge in [0.1, 0.15) is 0 Å². The first-order valence-electron chi connectivity index (χ1n) is 10.4. The van der Waals surface area contributed by atoms with E-state index in [1.54, 1.807) is 12.5 Å². The van der Waals surface area contributed by atoms with Crippen molar-refractivity contribution in [2.75, 3.05) is 27.2 Å². The Labute approximate surface area is 177 Å². The van der Waals surface area contributed by atoms with Crippen LogP contribution in [0.3, 0.4) is 0 Å². The molecule has 3 aromatic heterocycles. The van der Waals surface area contributed by atoms with Gasteiger partial charge in [-0.3, -0.25) is 0 Å². The molecule has 3 heterocycles. The minimum atomic E-state index is 0.231. The second-order valence-electron chi connectivity index (χ2n) is 8.03. The van der Waals surface area contributed by atoms with Crippen molar-refractivity contribution in [1.82, 2.24) is 25.0 Å². The molecular weight excluding hydrogens is 374 g/mol. The molecule has 156 valence electrons. The first-order valence-corrected chi connectivity index (χ1v) is 10.4. The molecule has 0 amide bonds. The van der Waals surface area contributed by atoms with E-state index < -0.39 is 0 Å². The highest BCUT2D eigenvalue weighted by Crippen LogP contribution is 2.33. The lowest BCUT2D eigenvalue weighted by atomic mass is 10.0. The lowest BCUT2D eigenvalue weighted by Crippen LogP contribution is -2.26. The number of benzene rings is 1. The van der Waals surface area contributed by atoms with Crippen molar-refractivity contribution >= 4 is 11.0 Å². The van der Waals surface area contributed by atoms with Crippen molar-refractivity contribution in [3.05, 3.63) is 60.7 Å². The Morgan fingerprint density at radius 2 is 2.03 bits per heavy atom. The molecule has 0 saturated heterocycles. The van der Waals surface area contributed by atoms with Crippen LogP contribution in [0.1, 0.15) is 25.5 Å². The average molecular weight is 404 g/mol. The number of likely N-dealkylation sites (N-methyl/N-ethyl adjacent to an activating group) is 2. The Bertz CT molecular complexity index is 1110. The normalized spacial score (nSPS) is 11.8. The van der Waals surface area contributed by atoms with E-state index in [1.165, 1.54) is 5.56 Å². The molecule has 30 heavy (non-hydrogen) atoms. The number of aromatic nitrogens is 3. The Morgan fingerprint density at radius 3 is 2.77 bits per heavy atom. The molecule has 0 spiro atoms. The number of furan rings is 1. The van der Waals surface area contributed by atoms with Crippen molar-refractivity contribution in [1.29, 1.82) is 0 Å². The molecule has 0 aliphatic rings. The van der Waals surface area contributed by atoms with Crippen LogP contribution in [0, 0.1) is 0 Å². The Hall–Kier alpha value is -2.96. The smallest absolute Gasteiger partial charge is 0.159 e. The Balaban J connectivity index is 1.77. The summed E-state index contributed by atoms with van der Waals surface area (Å²) < 4.78 is 7.34. The maximum absolute atomic E-state index is 5.35. The Kier molecular flexibility index (Phi) is 5.97. The van der Waals surface area contributed by atoms with Crippen LogP contribution in [-0.2, 0) is 6.54 Å². The van der Waals surface area contributed by atoms with Gasteiger partial charge in [0, 0.05) is 42.2 Å². The second kappa shape index (κ2) is 8.81. The highest BCUT2D eigenvalue weighted by atomic mass is 16.3. The van der Waals surface area contributed by atoms with Crippen LogP contribution in [0.2, 0.25) is 0 Å². The van der Waals surface area contributed by atoms with Gasteiger partial charge in [0.25, 0.3) is 0 Å². The first-order chi connectivity index (χ1) is 14.6. The van der Waals surface area contributed by atoms with E-state index in [0.717, 1.165) is 53.1 Å². The van der Waals surface area contributed by atoms with Crippen LogP contribution in [0.4, 0.5) is 0 Å². The van der Waals surface area contributed by atoms with Crippen LogP contribution in [0.5, 0.6) is 0 Å². The maximum Gasteiger partial charge on any atom is 0.159 e. The van der Waals surface area contributed by atoms with Gasteiger partial charge in [-0.2, -0.15) is 5.10 Å². The predicted molar refractivity (Wildman–Crippen MR) is 121 cm³/mol. The monoisotopic (exact) mass is 403 g/mol. The molecule has 0 saturated carbocycles. The second-order valence-corrected chi connectivity index (χ2v) is 8.03. The van der Waals surface area contributed by atoms with E-state index in [2.05, 4.69) is 66.5 Å². The van der Waals surface area contributed by atoms with E-state index in [4.69, 9.17) is 9.40 Å². The van der Waals surface area contributed by atoms with Gasteiger partial charge < -0.3 is 14.6 Å². The number of nitrogens with one attached hydrogen (secondary N) is 1. The van der Waals surface area contributed by atoms with E-state index in [0.29, 0.717) is 0 Å². The zero-order valence-electron chi connectivity index (χ0n) is 18.1. The van der Waals surface area contributed by atoms with Gasteiger partial charge >= 0.3 is 0 Å². The Morgan fingerprint density at radius 1 is 1.17 bits per heavy atom. The summed E-state index contributed by atoms with van der Waals surface area (Å²) in [6.07, 6.45) is 5.38. The van der Waals surface area contributed by atoms with Crippen LogP contribution in [-0.4, -0.2) is 46.8 Å². The van der Waals surface area contributed by atoms with Crippen molar-refractivity contribution in [3.8, 4) is 22.4 Å². The van der Waals surface area contributed by atoms with Crippen molar-refractivity contribution in [2.24, 2.45) is 0 Å². The molecule has 6 heteroatoms. The lowest BCUT2D eigenvalue weighted by Gasteiger charge is -2.17. The number of nitrogens with zero attached hydrogens (tertiary/aromatic N) is 4. The molecular formula is C24H29N5O. The summed E-state index contributed by atoms with van der Waals surface area (Å²) in [4.78, 5) is 7.33. The number of fused-ring (bicyclic) bond motifs is 1. The molecule has 0 atom stereocenters. The number of pyridine rings is 1. The SMILES string of the molecule is CNCCN(C)Cc1cccc(-c2cc(-c3ccoc3)c3cnn(C(C)C)c3n2)c1. The molecule has 1 aromatic carbocycles. The third-order valence-electron chi connectivity index (χ3n) is 5.31. The summed E-state index contributed by atoms with van der Waals surface area (Å²) >= 11 is 0. The van der Waals surface area contributed by atoms with E-state index in [1.807, 2.05) is 24.0 Å². The van der Waals surface area contributed by atoms with Gasteiger partial charge in [0.05, 0.1) is 24.4 Å². The van der Waals surface area contributed by atoms with Gasteiger partial charge in [-0.05, 0) is 57.3 Å². The fourth-order valence-electron chi connectivity index (χ4n) is 3.72. The van der Waals surface area contributed by atoms with Crippen molar-refractivity contribution in [3.63, 3.8) is 0 Å². The minimum Gasteiger partial charge on any atom is -0.472 e. The van der Waals surface area contributed by atoms with Gasteiger partial charge in [-0.15, -0.1) is 0 Å². The standard InChI is InChI=1S/C24H29N5O/c1-17(2)29-24-22(14-26-29)21(20-8-11-30-16-20)13-23(27-24)19-7-5-6-18(12-19)15-28(4)10-9-25-3/h5-8,11-14,16-17,25H,9-10,15H2,1-4H3. The van der Waals surface area contributed by atoms with Crippen LogP contribution in [0.15, 0.2) is 59.5 Å². The molecule has 6 nitrogen and oxygen atoms in total. The van der Waals surface area contributed by atoms with Gasteiger partial charge in [-0.25, -0.2) is 9.67 Å². The maximum atomic E-state index is 5.35. The highest BCUT2D eigenvalue weighted by molar-refractivity contribution is 5.94. The lowest BCUT2D eigenvalue weighted by molar-refractivity contribution is 0.328. The molecule has 0 fully saturated rings. The van der Waals surface area contributed by atoms with E-state index in [9.17, 15) is 0 Å². The molecule has 0 aliphatic heterocycles. The average Bonchev–Trinajstić information content (AvgIpc) is 3.41. The fraction of sp³-hybridized carbons (Fsp3) is 0.333. The topological polar surface area (TPSA) is 59.1 Å². The largest absolute Gasteiger partial charge is 0.472 e. The number of hydrogen-bond donors (Lipinski definition) is 1. The van der Waals surface area contributed by atoms with Crippen molar-refractivity contribution < 1.29 is 4.42 Å². The zero-order chi connectivity index (χ0) is 21.1. The molecule has 0 radical (unpaired) electrons. The summed E-state index contributed by atoms with van der Waals surface area (Å²) in [6, 6.07) is 13.0. The molecule has 0 aliphatic carbocycles. The van der Waals surface area contributed by atoms with Crippen LogP contribution < -0.4 is 5.32 Å². The molecule has 0 unspecified atom stereocenters. The van der Waals surface area contributed by atoms with Gasteiger partial charge in [0.15, 0.2) is 5.65 Å². The minimum absolute atomic E-state index is 0.231. The molecule has 4 aromatic rings. The first kappa shape index (κ1) is 20.3. The number of hydrogen-bond acceptors (Lipinski definition) is 5. The van der Waals surface area contributed by atoms with E-state index >= 15 is 0 Å². The van der Waals surface area contributed by atoms with Crippen LogP contribution >= 0.6 is 0 Å². The number of rotatable bonds is 8. The predicted octanol–water partition coefficient (Wildman–Crippen LogP) is 4.59. The third kappa shape index (κ3) is 4.15. The summed E-state index contributed by atoms with van der Waals surface area (Å²) in [5.74, 6) is 0. The van der Waals surface area contributed by atoms with Crippen LogP contribution in [0.25, 0.3) is 33.4 Å². The summed E-state index contributed by atoms with van der Waals surface area (Å²) in [5, 5.41) is 8.84. The molecule has 1 N–H and O–H groups in total. The summed E-state index contributed by atoms with van der Waals surface area (Å²) in [7, 11) is 4.13. The summed E-state index contributed by atoms with van der Waals surface area (Å²) in [5.41, 5.74) is 6.35. The quantitative estimate of drug-likeness (QED) is 0.466. The highest BCUT2D eigenvalue weighted by Gasteiger charge is 2.16. The zero-order valence-corrected chi connectivity index (χ0v) is 18.1. The van der Waals surface area contributed by atoms with E-state index in [-0.39, 0.29) is 6.04 Å². The third-order valence-corrected chi connectivity index (χ3v) is 5.31. The molecule has 4 rings (SSSR count). The van der Waals surface area contributed by atoms with Crippen molar-refractivity contribution in [2.45, 2.75) is 26.4 Å². The van der Waals surface area contributed by atoms with Gasteiger partial charge in [0.2, 0.25) is 0 Å². The molecule has 0 bridgehead atoms.